The van der Waals surface area contributed by atoms with Gasteiger partial charge in [0, 0.05) is 43.1 Å². The Labute approximate surface area is 117 Å². The van der Waals surface area contributed by atoms with E-state index in [1.807, 2.05) is 12.4 Å². The van der Waals surface area contributed by atoms with Crippen LogP contribution in [0, 0.1) is 6.92 Å². The van der Waals surface area contributed by atoms with Crippen LogP contribution in [0.25, 0.3) is 0 Å². The first kappa shape index (κ1) is 14.5. The zero-order valence-electron chi connectivity index (χ0n) is 13.0. The van der Waals surface area contributed by atoms with Crippen molar-refractivity contribution in [2.75, 3.05) is 13.1 Å². The van der Waals surface area contributed by atoms with Gasteiger partial charge < -0.3 is 5.32 Å². The number of aromatic nitrogens is 1. The molecule has 1 unspecified atom stereocenters. The first-order valence-corrected chi connectivity index (χ1v) is 7.25. The van der Waals surface area contributed by atoms with Gasteiger partial charge in [-0.05, 0) is 45.2 Å². The molecular weight excluding hydrogens is 234 g/mol. The molecule has 0 spiro atoms. The zero-order chi connectivity index (χ0) is 14.1. The van der Waals surface area contributed by atoms with E-state index in [9.17, 15) is 0 Å². The van der Waals surface area contributed by atoms with E-state index >= 15 is 0 Å². The number of piperazine rings is 1. The fourth-order valence-corrected chi connectivity index (χ4v) is 2.79. The molecule has 2 rings (SSSR count). The molecule has 1 aromatic heterocycles. The van der Waals surface area contributed by atoms with E-state index in [1.165, 1.54) is 11.1 Å². The summed E-state index contributed by atoms with van der Waals surface area (Å²) < 4.78 is 0. The number of hydrogen-bond donors (Lipinski definition) is 1. The lowest BCUT2D eigenvalue weighted by Gasteiger charge is -2.51. The normalized spacial score (nSPS) is 27.4. The fraction of sp³-hybridized carbons (Fsp3) is 0.688. The minimum absolute atomic E-state index is 0.186. The summed E-state index contributed by atoms with van der Waals surface area (Å²) in [4.78, 5) is 6.93. The standard InChI is InChI=1S/C16H27N3/c1-6-16(5)11-18-15(3,4)12-19(16)10-14-7-13(2)8-17-9-14/h7-9,18H,6,10-12H2,1-5H3. The molecule has 19 heavy (non-hydrogen) atoms. The van der Waals surface area contributed by atoms with E-state index in [0.717, 1.165) is 26.1 Å². The molecule has 1 saturated heterocycles. The number of hydrogen-bond acceptors (Lipinski definition) is 3. The van der Waals surface area contributed by atoms with E-state index in [0.29, 0.717) is 0 Å². The van der Waals surface area contributed by atoms with Gasteiger partial charge in [-0.25, -0.2) is 0 Å². The smallest absolute Gasteiger partial charge is 0.0313 e. The average molecular weight is 261 g/mol. The Kier molecular flexibility index (Phi) is 3.98. The molecule has 0 saturated carbocycles. The van der Waals surface area contributed by atoms with Gasteiger partial charge in [-0.2, -0.15) is 0 Å². The van der Waals surface area contributed by atoms with Gasteiger partial charge in [0.15, 0.2) is 0 Å². The number of pyridine rings is 1. The number of rotatable bonds is 3. The molecule has 1 atom stereocenters. The first-order chi connectivity index (χ1) is 8.85. The van der Waals surface area contributed by atoms with Crippen molar-refractivity contribution in [3.05, 3.63) is 29.6 Å². The second kappa shape index (κ2) is 5.22. The number of aryl methyl sites for hydroxylation is 1. The summed E-state index contributed by atoms with van der Waals surface area (Å²) in [5, 5.41) is 3.67. The third kappa shape index (κ3) is 3.34. The second-order valence-electron chi connectivity index (χ2n) is 6.81. The van der Waals surface area contributed by atoms with Crippen LogP contribution in [0.1, 0.15) is 45.2 Å². The molecule has 3 nitrogen and oxygen atoms in total. The van der Waals surface area contributed by atoms with Crippen LogP contribution in [0.15, 0.2) is 18.5 Å². The molecule has 0 radical (unpaired) electrons. The van der Waals surface area contributed by atoms with Crippen molar-refractivity contribution in [2.45, 2.75) is 58.7 Å². The Bertz CT molecular complexity index is 441. The molecule has 1 fully saturated rings. The van der Waals surface area contributed by atoms with E-state index < -0.39 is 0 Å². The first-order valence-electron chi connectivity index (χ1n) is 7.25. The van der Waals surface area contributed by atoms with Gasteiger partial charge in [0.2, 0.25) is 0 Å². The van der Waals surface area contributed by atoms with Crippen molar-refractivity contribution in [2.24, 2.45) is 0 Å². The average Bonchev–Trinajstić information content (AvgIpc) is 2.34. The maximum absolute atomic E-state index is 4.32. The van der Waals surface area contributed by atoms with E-state index in [4.69, 9.17) is 0 Å². The quantitative estimate of drug-likeness (QED) is 0.907. The van der Waals surface area contributed by atoms with Gasteiger partial charge in [-0.15, -0.1) is 0 Å². The van der Waals surface area contributed by atoms with Gasteiger partial charge in [0.05, 0.1) is 0 Å². The van der Waals surface area contributed by atoms with E-state index in [1.54, 1.807) is 0 Å². The molecule has 0 aliphatic carbocycles. The van der Waals surface area contributed by atoms with Crippen molar-refractivity contribution in [3.63, 3.8) is 0 Å². The molecular formula is C16H27N3. The molecule has 0 aromatic carbocycles. The summed E-state index contributed by atoms with van der Waals surface area (Å²) in [5.41, 5.74) is 2.98. The summed E-state index contributed by atoms with van der Waals surface area (Å²) >= 11 is 0. The molecule has 3 heteroatoms. The summed E-state index contributed by atoms with van der Waals surface area (Å²) in [5.74, 6) is 0. The molecule has 0 amide bonds. The molecule has 1 N–H and O–H groups in total. The van der Waals surface area contributed by atoms with Crippen molar-refractivity contribution in [1.29, 1.82) is 0 Å². The Morgan fingerprint density at radius 2 is 2.05 bits per heavy atom. The third-order valence-corrected chi connectivity index (χ3v) is 4.36. The predicted octanol–water partition coefficient (Wildman–Crippen LogP) is 2.74. The Hall–Kier alpha value is -0.930. The fourth-order valence-electron chi connectivity index (χ4n) is 2.79. The van der Waals surface area contributed by atoms with Crippen LogP contribution in [0.5, 0.6) is 0 Å². The van der Waals surface area contributed by atoms with Gasteiger partial charge in [0.1, 0.15) is 0 Å². The topological polar surface area (TPSA) is 28.2 Å². The SMILES string of the molecule is CCC1(C)CNC(C)(C)CN1Cc1cncc(C)c1. The van der Waals surface area contributed by atoms with Crippen molar-refractivity contribution in [1.82, 2.24) is 15.2 Å². The second-order valence-corrected chi connectivity index (χ2v) is 6.81. The molecule has 1 aliphatic rings. The van der Waals surface area contributed by atoms with Gasteiger partial charge in [-0.3, -0.25) is 9.88 Å². The lowest BCUT2D eigenvalue weighted by atomic mass is 9.87. The lowest BCUT2D eigenvalue weighted by Crippen LogP contribution is -2.66. The molecule has 1 aromatic rings. The minimum Gasteiger partial charge on any atom is -0.309 e. The molecule has 0 bridgehead atoms. The number of nitrogens with zero attached hydrogens (tertiary/aromatic N) is 2. The van der Waals surface area contributed by atoms with Crippen LogP contribution in [0.4, 0.5) is 0 Å². The summed E-state index contributed by atoms with van der Waals surface area (Å²) in [7, 11) is 0. The summed E-state index contributed by atoms with van der Waals surface area (Å²) in [6.07, 6.45) is 5.08. The van der Waals surface area contributed by atoms with E-state index in [2.05, 4.69) is 55.9 Å². The Morgan fingerprint density at radius 1 is 1.32 bits per heavy atom. The summed E-state index contributed by atoms with van der Waals surface area (Å²) in [6, 6.07) is 2.25. The highest BCUT2D eigenvalue weighted by Crippen LogP contribution is 2.28. The third-order valence-electron chi connectivity index (χ3n) is 4.36. The van der Waals surface area contributed by atoms with Crippen LogP contribution in [-0.4, -0.2) is 34.1 Å². The van der Waals surface area contributed by atoms with Gasteiger partial charge in [0.25, 0.3) is 0 Å². The van der Waals surface area contributed by atoms with Crippen LogP contribution >= 0.6 is 0 Å². The Balaban J connectivity index is 2.19. The zero-order valence-corrected chi connectivity index (χ0v) is 13.0. The predicted molar refractivity (Wildman–Crippen MR) is 80.2 cm³/mol. The highest BCUT2D eigenvalue weighted by Gasteiger charge is 2.39. The van der Waals surface area contributed by atoms with Gasteiger partial charge >= 0.3 is 0 Å². The Morgan fingerprint density at radius 3 is 2.68 bits per heavy atom. The lowest BCUT2D eigenvalue weighted by molar-refractivity contribution is 0.0174. The number of nitrogens with one attached hydrogen (secondary N) is 1. The monoisotopic (exact) mass is 261 g/mol. The maximum atomic E-state index is 4.32. The largest absolute Gasteiger partial charge is 0.309 e. The van der Waals surface area contributed by atoms with Crippen molar-refractivity contribution < 1.29 is 0 Å². The van der Waals surface area contributed by atoms with Crippen LogP contribution < -0.4 is 5.32 Å². The van der Waals surface area contributed by atoms with Crippen LogP contribution in [-0.2, 0) is 6.54 Å². The van der Waals surface area contributed by atoms with Crippen molar-refractivity contribution in [3.8, 4) is 0 Å². The highest BCUT2D eigenvalue weighted by atomic mass is 15.3. The molecule has 106 valence electrons. The van der Waals surface area contributed by atoms with Crippen LogP contribution in [0.2, 0.25) is 0 Å². The maximum Gasteiger partial charge on any atom is 0.0313 e. The highest BCUT2D eigenvalue weighted by molar-refractivity contribution is 5.17. The van der Waals surface area contributed by atoms with E-state index in [-0.39, 0.29) is 11.1 Å². The molecule has 1 aliphatic heterocycles. The van der Waals surface area contributed by atoms with Gasteiger partial charge in [-0.1, -0.05) is 13.0 Å². The minimum atomic E-state index is 0.186. The summed E-state index contributed by atoms with van der Waals surface area (Å²) in [6.45, 7) is 14.4. The van der Waals surface area contributed by atoms with Crippen molar-refractivity contribution >= 4 is 0 Å². The van der Waals surface area contributed by atoms with Crippen LogP contribution in [0.3, 0.4) is 0 Å². The molecule has 2 heterocycles.